The molecule has 3 rings (SSSR count). The largest absolute Gasteiger partial charge is 0.293 e. The highest BCUT2D eigenvalue weighted by atomic mass is 35.5. The summed E-state index contributed by atoms with van der Waals surface area (Å²) in [5.74, 6) is -2.33. The number of ketones is 2. The van der Waals surface area contributed by atoms with Crippen molar-refractivity contribution in [3.8, 4) is 0 Å². The van der Waals surface area contributed by atoms with Crippen LogP contribution in [0.1, 0.15) is 11.1 Å². The van der Waals surface area contributed by atoms with Crippen LogP contribution < -0.4 is 0 Å². The highest BCUT2D eigenvalue weighted by Crippen LogP contribution is 2.36. The van der Waals surface area contributed by atoms with Crippen LogP contribution >= 0.6 is 35.0 Å². The topological polar surface area (TPSA) is 51.2 Å². The first kappa shape index (κ1) is 18.6. The van der Waals surface area contributed by atoms with E-state index in [4.69, 9.17) is 23.2 Å². The summed E-state index contributed by atoms with van der Waals surface area (Å²) in [6.45, 7) is 0. The zero-order valence-electron chi connectivity index (χ0n) is 13.3. The Morgan fingerprint density at radius 2 is 1.58 bits per heavy atom. The Morgan fingerprint density at radius 1 is 0.962 bits per heavy atom. The van der Waals surface area contributed by atoms with Crippen molar-refractivity contribution in [1.29, 1.82) is 0 Å². The van der Waals surface area contributed by atoms with E-state index in [0.29, 0.717) is 21.2 Å². The third kappa shape index (κ3) is 4.33. The van der Waals surface area contributed by atoms with Gasteiger partial charge in [-0.2, -0.15) is 0 Å². The second-order valence-electron chi connectivity index (χ2n) is 5.57. The highest BCUT2D eigenvalue weighted by molar-refractivity contribution is 8.18. The SMILES string of the molecule is O=C(/C=C/c1cccc(Cl)c1)C1C(=O)S/C(=C\c2cccc(Cl)c2)C1=O. The van der Waals surface area contributed by atoms with Crippen molar-refractivity contribution >= 4 is 63.8 Å². The van der Waals surface area contributed by atoms with Gasteiger partial charge in [0.05, 0.1) is 4.91 Å². The number of carbonyl (C=O) groups excluding carboxylic acids is 3. The van der Waals surface area contributed by atoms with E-state index < -0.39 is 22.6 Å². The molecule has 3 nitrogen and oxygen atoms in total. The summed E-state index contributed by atoms with van der Waals surface area (Å²) in [5, 5.41) is 0.595. The maximum absolute atomic E-state index is 12.5. The van der Waals surface area contributed by atoms with Gasteiger partial charge in [-0.25, -0.2) is 0 Å². The number of hydrogen-bond acceptors (Lipinski definition) is 4. The Morgan fingerprint density at radius 3 is 2.23 bits per heavy atom. The van der Waals surface area contributed by atoms with E-state index >= 15 is 0 Å². The summed E-state index contributed by atoms with van der Waals surface area (Å²) in [7, 11) is 0. The molecule has 0 amide bonds. The Labute approximate surface area is 164 Å². The van der Waals surface area contributed by atoms with E-state index in [0.717, 1.165) is 11.8 Å². The first-order chi connectivity index (χ1) is 12.4. The second kappa shape index (κ2) is 8.04. The molecule has 0 radical (unpaired) electrons. The maximum Gasteiger partial charge on any atom is 0.212 e. The van der Waals surface area contributed by atoms with Gasteiger partial charge in [0.15, 0.2) is 17.5 Å². The molecule has 1 heterocycles. The van der Waals surface area contributed by atoms with E-state index in [1.54, 1.807) is 54.6 Å². The first-order valence-electron chi connectivity index (χ1n) is 7.65. The zero-order valence-corrected chi connectivity index (χ0v) is 15.6. The molecule has 1 aliphatic rings. The summed E-state index contributed by atoms with van der Waals surface area (Å²) >= 11 is 12.6. The summed E-state index contributed by atoms with van der Waals surface area (Å²) in [6.07, 6.45) is 4.36. The minimum absolute atomic E-state index is 0.242. The van der Waals surface area contributed by atoms with Gasteiger partial charge in [-0.05, 0) is 59.3 Å². The van der Waals surface area contributed by atoms with Gasteiger partial charge in [0.25, 0.3) is 0 Å². The zero-order chi connectivity index (χ0) is 18.7. The van der Waals surface area contributed by atoms with Gasteiger partial charge < -0.3 is 0 Å². The smallest absolute Gasteiger partial charge is 0.212 e. The predicted octanol–water partition coefficient (Wildman–Crippen LogP) is 5.08. The lowest BCUT2D eigenvalue weighted by atomic mass is 9.98. The lowest BCUT2D eigenvalue weighted by Gasteiger charge is -2.00. The van der Waals surface area contributed by atoms with Crippen LogP contribution in [0.4, 0.5) is 0 Å². The number of thioether (sulfide) groups is 1. The third-order valence-electron chi connectivity index (χ3n) is 3.67. The molecule has 0 N–H and O–H groups in total. The molecule has 2 aromatic rings. The fourth-order valence-electron chi connectivity index (χ4n) is 2.45. The minimum atomic E-state index is -1.30. The molecule has 0 aliphatic carbocycles. The highest BCUT2D eigenvalue weighted by Gasteiger charge is 2.42. The van der Waals surface area contributed by atoms with Crippen LogP contribution in [0.3, 0.4) is 0 Å². The molecular weight excluding hydrogens is 391 g/mol. The van der Waals surface area contributed by atoms with Crippen LogP contribution in [-0.2, 0) is 14.4 Å². The Balaban J connectivity index is 1.79. The third-order valence-corrected chi connectivity index (χ3v) is 5.12. The van der Waals surface area contributed by atoms with Crippen molar-refractivity contribution in [2.75, 3.05) is 0 Å². The summed E-state index contributed by atoms with van der Waals surface area (Å²) in [6, 6.07) is 13.8. The molecule has 0 aromatic heterocycles. The number of halogens is 2. The average Bonchev–Trinajstić information content (AvgIpc) is 2.86. The molecule has 0 spiro atoms. The Bertz CT molecular complexity index is 963. The molecule has 2 aromatic carbocycles. The number of carbonyl (C=O) groups is 3. The average molecular weight is 403 g/mol. The normalized spacial score (nSPS) is 18.8. The van der Waals surface area contributed by atoms with Crippen molar-refractivity contribution in [3.05, 3.63) is 80.7 Å². The van der Waals surface area contributed by atoms with Crippen molar-refractivity contribution in [1.82, 2.24) is 0 Å². The lowest BCUT2D eigenvalue weighted by molar-refractivity contribution is -0.131. The molecule has 1 aliphatic heterocycles. The second-order valence-corrected chi connectivity index (χ2v) is 7.49. The van der Waals surface area contributed by atoms with Crippen LogP contribution in [0.5, 0.6) is 0 Å². The van der Waals surface area contributed by atoms with Gasteiger partial charge >= 0.3 is 0 Å². The number of allylic oxidation sites excluding steroid dienone is 2. The van der Waals surface area contributed by atoms with Crippen LogP contribution in [0.25, 0.3) is 12.2 Å². The van der Waals surface area contributed by atoms with Crippen LogP contribution in [-0.4, -0.2) is 16.7 Å². The monoisotopic (exact) mass is 402 g/mol. The lowest BCUT2D eigenvalue weighted by Crippen LogP contribution is -2.23. The van der Waals surface area contributed by atoms with Crippen molar-refractivity contribution in [3.63, 3.8) is 0 Å². The van der Waals surface area contributed by atoms with Gasteiger partial charge in [-0.3, -0.25) is 14.4 Å². The minimum Gasteiger partial charge on any atom is -0.293 e. The molecule has 1 atom stereocenters. The molecule has 0 saturated carbocycles. The van der Waals surface area contributed by atoms with Crippen molar-refractivity contribution < 1.29 is 14.4 Å². The van der Waals surface area contributed by atoms with Crippen molar-refractivity contribution in [2.45, 2.75) is 0 Å². The van der Waals surface area contributed by atoms with Gasteiger partial charge in [0.1, 0.15) is 0 Å². The number of rotatable bonds is 4. The molecule has 1 saturated heterocycles. The van der Waals surface area contributed by atoms with Gasteiger partial charge in [0.2, 0.25) is 5.12 Å². The summed E-state index contributed by atoms with van der Waals surface area (Å²) in [5.41, 5.74) is 1.41. The number of Topliss-reactive ketones (excluding diaryl/α,β-unsaturated/α-hetero) is 1. The maximum atomic E-state index is 12.5. The fourth-order valence-corrected chi connectivity index (χ4v) is 3.81. The van der Waals surface area contributed by atoms with E-state index in [-0.39, 0.29) is 4.91 Å². The van der Waals surface area contributed by atoms with Gasteiger partial charge in [0, 0.05) is 10.0 Å². The van der Waals surface area contributed by atoms with E-state index in [2.05, 4.69) is 0 Å². The molecule has 26 heavy (non-hydrogen) atoms. The summed E-state index contributed by atoms with van der Waals surface area (Å²) < 4.78 is 0. The molecule has 1 unspecified atom stereocenters. The van der Waals surface area contributed by atoms with Gasteiger partial charge in [-0.15, -0.1) is 0 Å². The van der Waals surface area contributed by atoms with E-state index in [9.17, 15) is 14.4 Å². The molecule has 6 heteroatoms. The fraction of sp³-hybridized carbons (Fsp3) is 0.0500. The quantitative estimate of drug-likeness (QED) is 0.528. The van der Waals surface area contributed by atoms with E-state index in [1.807, 2.05) is 0 Å². The Kier molecular flexibility index (Phi) is 5.77. The predicted molar refractivity (Wildman–Crippen MR) is 106 cm³/mol. The van der Waals surface area contributed by atoms with Crippen LogP contribution in [0.15, 0.2) is 59.5 Å². The van der Waals surface area contributed by atoms with Gasteiger partial charge in [-0.1, -0.05) is 53.5 Å². The molecule has 130 valence electrons. The standard InChI is InChI=1S/C20H12Cl2O3S/c21-14-5-1-3-12(9-14)7-8-16(23)18-19(24)17(26-20(18)25)11-13-4-2-6-15(22)10-13/h1-11,18H/b8-7+,17-11-. The summed E-state index contributed by atoms with van der Waals surface area (Å²) in [4.78, 5) is 37.2. The molecular formula is C20H12Cl2O3S. The number of benzene rings is 2. The first-order valence-corrected chi connectivity index (χ1v) is 9.22. The molecule has 1 fully saturated rings. The van der Waals surface area contributed by atoms with Crippen LogP contribution in [0.2, 0.25) is 10.0 Å². The Hall–Kier alpha value is -2.14. The number of hydrogen-bond donors (Lipinski definition) is 0. The van der Waals surface area contributed by atoms with E-state index in [1.165, 1.54) is 12.2 Å². The molecule has 0 bridgehead atoms. The van der Waals surface area contributed by atoms with Crippen molar-refractivity contribution in [2.24, 2.45) is 5.92 Å². The van der Waals surface area contributed by atoms with Crippen LogP contribution in [0, 0.1) is 5.92 Å².